The molecule has 0 atom stereocenters. The molecule has 1 aromatic carbocycles. The number of anilines is 2. The van der Waals surface area contributed by atoms with E-state index in [-0.39, 0.29) is 22.1 Å². The Morgan fingerprint density at radius 2 is 2.00 bits per heavy atom. The Bertz CT molecular complexity index is 794. The standard InChI is InChI=1S/C10H8BrN5O4S/c11-9-4-14-10(5-13-9)15-21(19,20)6-1-2-8(16(17)18)7(12)3-6/h1-5H,12H2,(H,14,15). The highest BCUT2D eigenvalue weighted by molar-refractivity contribution is 9.10. The number of rotatable bonds is 4. The van der Waals surface area contributed by atoms with Crippen LogP contribution in [0.15, 0.2) is 40.1 Å². The second-order valence-corrected chi connectivity index (χ2v) is 6.30. The number of aromatic nitrogens is 2. The lowest BCUT2D eigenvalue weighted by molar-refractivity contribution is -0.383. The van der Waals surface area contributed by atoms with Gasteiger partial charge in [-0.15, -0.1) is 0 Å². The molecule has 1 aromatic heterocycles. The zero-order valence-electron chi connectivity index (χ0n) is 10.2. The van der Waals surface area contributed by atoms with Gasteiger partial charge in [0.15, 0.2) is 5.82 Å². The average molecular weight is 374 g/mol. The van der Waals surface area contributed by atoms with Crippen LogP contribution in [0.3, 0.4) is 0 Å². The molecule has 0 aliphatic rings. The maximum atomic E-state index is 12.1. The van der Waals surface area contributed by atoms with Crippen LogP contribution >= 0.6 is 15.9 Å². The molecule has 2 rings (SSSR count). The van der Waals surface area contributed by atoms with Crippen LogP contribution < -0.4 is 10.5 Å². The third-order valence-electron chi connectivity index (χ3n) is 2.37. The van der Waals surface area contributed by atoms with E-state index in [1.54, 1.807) is 0 Å². The number of nitrogens with one attached hydrogen (secondary N) is 1. The first kappa shape index (κ1) is 15.1. The number of nitrogen functional groups attached to an aromatic ring is 1. The number of benzene rings is 1. The van der Waals surface area contributed by atoms with Gasteiger partial charge in [-0.1, -0.05) is 0 Å². The Kier molecular flexibility index (Phi) is 4.04. The fourth-order valence-electron chi connectivity index (χ4n) is 1.43. The number of nitro groups is 1. The molecule has 21 heavy (non-hydrogen) atoms. The van der Waals surface area contributed by atoms with E-state index in [0.29, 0.717) is 4.60 Å². The quantitative estimate of drug-likeness (QED) is 0.470. The third kappa shape index (κ3) is 3.44. The molecule has 3 N–H and O–H groups in total. The summed E-state index contributed by atoms with van der Waals surface area (Å²) in [4.78, 5) is 17.4. The van der Waals surface area contributed by atoms with Crippen LogP contribution in [-0.2, 0) is 10.0 Å². The summed E-state index contributed by atoms with van der Waals surface area (Å²) in [5, 5.41) is 10.6. The van der Waals surface area contributed by atoms with Crippen molar-refractivity contribution in [1.82, 2.24) is 9.97 Å². The maximum absolute atomic E-state index is 12.1. The van der Waals surface area contributed by atoms with E-state index in [2.05, 4.69) is 30.6 Å². The Morgan fingerprint density at radius 3 is 2.52 bits per heavy atom. The summed E-state index contributed by atoms with van der Waals surface area (Å²) in [7, 11) is -3.96. The van der Waals surface area contributed by atoms with Crippen molar-refractivity contribution < 1.29 is 13.3 Å². The summed E-state index contributed by atoms with van der Waals surface area (Å²) in [6.07, 6.45) is 2.54. The van der Waals surface area contributed by atoms with Gasteiger partial charge in [-0.25, -0.2) is 18.4 Å². The molecule has 0 bridgehead atoms. The monoisotopic (exact) mass is 373 g/mol. The fraction of sp³-hybridized carbons (Fsp3) is 0. The summed E-state index contributed by atoms with van der Waals surface area (Å²) >= 11 is 3.07. The van der Waals surface area contributed by atoms with Crippen molar-refractivity contribution >= 4 is 43.1 Å². The van der Waals surface area contributed by atoms with Crippen molar-refractivity contribution in [3.8, 4) is 0 Å². The Labute approximate surface area is 127 Å². The molecule has 2 aromatic rings. The number of nitrogens with two attached hydrogens (primary N) is 1. The van der Waals surface area contributed by atoms with Gasteiger partial charge < -0.3 is 5.73 Å². The van der Waals surface area contributed by atoms with Gasteiger partial charge >= 0.3 is 0 Å². The van der Waals surface area contributed by atoms with Crippen molar-refractivity contribution in [2.45, 2.75) is 4.90 Å². The van der Waals surface area contributed by atoms with Crippen LogP contribution in [0.4, 0.5) is 17.2 Å². The fourth-order valence-corrected chi connectivity index (χ4v) is 2.66. The lowest BCUT2D eigenvalue weighted by atomic mass is 10.3. The van der Waals surface area contributed by atoms with E-state index >= 15 is 0 Å². The van der Waals surface area contributed by atoms with Gasteiger partial charge in [-0.2, -0.15) is 0 Å². The van der Waals surface area contributed by atoms with Crippen LogP contribution in [0.25, 0.3) is 0 Å². The Hall–Kier alpha value is -2.27. The molecule has 0 unspecified atom stereocenters. The summed E-state index contributed by atoms with van der Waals surface area (Å²) in [5.41, 5.74) is 4.86. The lowest BCUT2D eigenvalue weighted by Gasteiger charge is -2.07. The highest BCUT2D eigenvalue weighted by Crippen LogP contribution is 2.25. The molecule has 0 aliphatic carbocycles. The first-order valence-corrected chi connectivity index (χ1v) is 7.61. The summed E-state index contributed by atoms with van der Waals surface area (Å²) in [6, 6.07) is 3.12. The third-order valence-corrected chi connectivity index (χ3v) is 4.13. The van der Waals surface area contributed by atoms with E-state index in [0.717, 1.165) is 18.2 Å². The normalized spacial score (nSPS) is 11.1. The van der Waals surface area contributed by atoms with Gasteiger partial charge in [0.2, 0.25) is 0 Å². The van der Waals surface area contributed by atoms with Gasteiger partial charge in [0.25, 0.3) is 15.7 Å². The molecule has 0 amide bonds. The van der Waals surface area contributed by atoms with Crippen LogP contribution in [0, 0.1) is 10.1 Å². The average Bonchev–Trinajstić information content (AvgIpc) is 2.40. The van der Waals surface area contributed by atoms with Crippen LogP contribution in [0.5, 0.6) is 0 Å². The molecule has 0 saturated carbocycles. The molecule has 9 nitrogen and oxygen atoms in total. The minimum Gasteiger partial charge on any atom is -0.393 e. The highest BCUT2D eigenvalue weighted by atomic mass is 79.9. The maximum Gasteiger partial charge on any atom is 0.292 e. The van der Waals surface area contributed by atoms with Crippen LogP contribution in [0.2, 0.25) is 0 Å². The van der Waals surface area contributed by atoms with E-state index in [1.165, 1.54) is 12.4 Å². The molecular weight excluding hydrogens is 366 g/mol. The summed E-state index contributed by atoms with van der Waals surface area (Å²) < 4.78 is 26.8. The van der Waals surface area contributed by atoms with Gasteiger partial charge in [0.05, 0.1) is 22.2 Å². The topological polar surface area (TPSA) is 141 Å². The number of nitrogens with zero attached hydrogens (tertiary/aromatic N) is 3. The van der Waals surface area contributed by atoms with Gasteiger partial charge in [0, 0.05) is 6.07 Å². The predicted molar refractivity (Wildman–Crippen MR) is 78.0 cm³/mol. The second-order valence-electron chi connectivity index (χ2n) is 3.81. The first-order chi connectivity index (χ1) is 9.79. The van der Waals surface area contributed by atoms with Crippen molar-refractivity contribution in [2.24, 2.45) is 0 Å². The number of hydrogen-bond acceptors (Lipinski definition) is 7. The molecule has 0 saturated heterocycles. The van der Waals surface area contributed by atoms with Crippen molar-refractivity contribution in [2.75, 3.05) is 10.5 Å². The van der Waals surface area contributed by atoms with Crippen LogP contribution in [-0.4, -0.2) is 23.3 Å². The molecule has 110 valence electrons. The van der Waals surface area contributed by atoms with E-state index in [4.69, 9.17) is 5.73 Å². The van der Waals surface area contributed by atoms with Crippen LogP contribution in [0.1, 0.15) is 0 Å². The Balaban J connectivity index is 2.33. The molecule has 0 spiro atoms. The molecular formula is C10H8BrN5O4S. The van der Waals surface area contributed by atoms with Crippen molar-refractivity contribution in [1.29, 1.82) is 0 Å². The number of hydrogen-bond donors (Lipinski definition) is 2. The molecule has 11 heteroatoms. The zero-order valence-corrected chi connectivity index (χ0v) is 12.6. The summed E-state index contributed by atoms with van der Waals surface area (Å²) in [6.45, 7) is 0. The van der Waals surface area contributed by atoms with E-state index in [9.17, 15) is 18.5 Å². The van der Waals surface area contributed by atoms with Gasteiger partial charge in [0.1, 0.15) is 10.3 Å². The molecule has 0 radical (unpaired) electrons. The summed E-state index contributed by atoms with van der Waals surface area (Å²) in [5.74, 6) is 0.00937. The van der Waals surface area contributed by atoms with Gasteiger partial charge in [-0.05, 0) is 28.1 Å². The lowest BCUT2D eigenvalue weighted by Crippen LogP contribution is -2.14. The number of sulfonamides is 1. The number of nitro benzene ring substituents is 1. The zero-order chi connectivity index (χ0) is 15.6. The van der Waals surface area contributed by atoms with Gasteiger partial charge in [-0.3, -0.25) is 14.8 Å². The van der Waals surface area contributed by atoms with Crippen molar-refractivity contribution in [3.05, 3.63) is 45.3 Å². The Morgan fingerprint density at radius 1 is 1.29 bits per heavy atom. The molecule has 1 heterocycles. The first-order valence-electron chi connectivity index (χ1n) is 5.34. The predicted octanol–water partition coefficient (Wildman–Crippen LogP) is 1.53. The minimum atomic E-state index is -3.96. The van der Waals surface area contributed by atoms with Crippen molar-refractivity contribution in [3.63, 3.8) is 0 Å². The SMILES string of the molecule is Nc1cc(S(=O)(=O)Nc2cnc(Br)cn2)ccc1[N+](=O)[O-]. The molecule has 0 fully saturated rings. The highest BCUT2D eigenvalue weighted by Gasteiger charge is 2.19. The minimum absolute atomic E-state index is 0.00937. The second kappa shape index (κ2) is 5.61. The smallest absolute Gasteiger partial charge is 0.292 e. The molecule has 0 aliphatic heterocycles. The van der Waals surface area contributed by atoms with E-state index in [1.807, 2.05) is 0 Å². The largest absolute Gasteiger partial charge is 0.393 e. The number of halogens is 1. The van der Waals surface area contributed by atoms with E-state index < -0.39 is 14.9 Å².